The van der Waals surface area contributed by atoms with Crippen LogP contribution < -0.4 is 9.64 Å². The lowest BCUT2D eigenvalue weighted by molar-refractivity contribution is -0.131. The van der Waals surface area contributed by atoms with Crippen molar-refractivity contribution in [3.05, 3.63) is 77.9 Å². The second-order valence-corrected chi connectivity index (χ2v) is 8.45. The van der Waals surface area contributed by atoms with E-state index in [4.69, 9.17) is 4.74 Å². The first-order valence-electron chi connectivity index (χ1n) is 11.3. The molecule has 1 fully saturated rings. The topological polar surface area (TPSA) is 66.8 Å². The minimum absolute atomic E-state index is 0.0823. The zero-order valence-electron chi connectivity index (χ0n) is 18.5. The number of carbonyl (C=O) groups is 2. The molecule has 0 bridgehead atoms. The van der Waals surface area contributed by atoms with Gasteiger partial charge < -0.3 is 14.7 Å². The summed E-state index contributed by atoms with van der Waals surface area (Å²) in [7, 11) is 0. The van der Waals surface area contributed by atoms with Crippen molar-refractivity contribution in [3.8, 4) is 11.5 Å². The molecule has 4 aromatic carbocycles. The Hall–Kier alpha value is -3.86. The minimum atomic E-state index is -0.466. The SMILES string of the molecule is CC(=O)Oc1c(N2CCCCC2)c(C(=O)c2ccccc2)c(O)c2ccc3ccccc3c12. The van der Waals surface area contributed by atoms with Gasteiger partial charge in [0.05, 0.1) is 11.3 Å². The second-order valence-electron chi connectivity index (χ2n) is 8.45. The van der Waals surface area contributed by atoms with Crippen molar-refractivity contribution in [1.29, 1.82) is 0 Å². The fourth-order valence-electron chi connectivity index (χ4n) is 4.80. The summed E-state index contributed by atoms with van der Waals surface area (Å²) in [6.07, 6.45) is 3.03. The molecule has 1 heterocycles. The number of ether oxygens (including phenoxy) is 1. The Morgan fingerprint density at radius 1 is 0.848 bits per heavy atom. The lowest BCUT2D eigenvalue weighted by Gasteiger charge is -2.32. The molecule has 1 N–H and O–H groups in total. The first-order chi connectivity index (χ1) is 16.1. The van der Waals surface area contributed by atoms with Gasteiger partial charge in [0.1, 0.15) is 5.75 Å². The van der Waals surface area contributed by atoms with Crippen LogP contribution in [0.1, 0.15) is 42.1 Å². The number of esters is 1. The zero-order chi connectivity index (χ0) is 22.9. The van der Waals surface area contributed by atoms with Crippen LogP contribution in [0.5, 0.6) is 11.5 Å². The van der Waals surface area contributed by atoms with Gasteiger partial charge in [0.2, 0.25) is 0 Å². The van der Waals surface area contributed by atoms with E-state index in [1.54, 1.807) is 30.3 Å². The Bertz CT molecular complexity index is 1370. The Balaban J connectivity index is 1.92. The molecule has 0 saturated carbocycles. The van der Waals surface area contributed by atoms with Gasteiger partial charge in [-0.25, -0.2) is 0 Å². The number of rotatable bonds is 4. The van der Waals surface area contributed by atoms with Crippen LogP contribution in [0.25, 0.3) is 21.5 Å². The number of hydrogen-bond donors (Lipinski definition) is 1. The molecule has 166 valence electrons. The molecule has 0 amide bonds. The number of phenols is 1. The van der Waals surface area contributed by atoms with Gasteiger partial charge in [-0.3, -0.25) is 9.59 Å². The molecule has 0 aliphatic carbocycles. The van der Waals surface area contributed by atoms with Crippen LogP contribution in [0.15, 0.2) is 66.7 Å². The highest BCUT2D eigenvalue weighted by Gasteiger charge is 2.31. The van der Waals surface area contributed by atoms with Gasteiger partial charge in [0.15, 0.2) is 11.5 Å². The molecule has 5 nitrogen and oxygen atoms in total. The predicted molar refractivity (Wildman–Crippen MR) is 130 cm³/mol. The van der Waals surface area contributed by atoms with E-state index in [2.05, 4.69) is 4.90 Å². The van der Waals surface area contributed by atoms with Crippen LogP contribution >= 0.6 is 0 Å². The highest BCUT2D eigenvalue weighted by atomic mass is 16.5. The molecule has 0 aromatic heterocycles. The molecule has 0 unspecified atom stereocenters. The third kappa shape index (κ3) is 3.69. The molecular formula is C28H25NO4. The van der Waals surface area contributed by atoms with Crippen molar-refractivity contribution < 1.29 is 19.4 Å². The van der Waals surface area contributed by atoms with Crippen molar-refractivity contribution in [1.82, 2.24) is 0 Å². The van der Waals surface area contributed by atoms with Gasteiger partial charge in [-0.2, -0.15) is 0 Å². The lowest BCUT2D eigenvalue weighted by atomic mass is 9.91. The number of benzene rings is 4. The van der Waals surface area contributed by atoms with E-state index in [1.807, 2.05) is 36.4 Å². The minimum Gasteiger partial charge on any atom is -0.506 e. The summed E-state index contributed by atoms with van der Waals surface area (Å²) in [4.78, 5) is 28.1. The Labute approximate surface area is 192 Å². The number of nitrogens with zero attached hydrogens (tertiary/aromatic N) is 1. The lowest BCUT2D eigenvalue weighted by Crippen LogP contribution is -2.31. The normalized spacial score (nSPS) is 13.9. The average Bonchev–Trinajstić information content (AvgIpc) is 2.85. The van der Waals surface area contributed by atoms with Gasteiger partial charge in [0, 0.05) is 36.3 Å². The number of phenolic OH excluding ortho intramolecular Hbond substituents is 1. The van der Waals surface area contributed by atoms with Crippen LogP contribution in [-0.2, 0) is 4.79 Å². The highest BCUT2D eigenvalue weighted by Crippen LogP contribution is 2.49. The molecule has 1 aliphatic heterocycles. The number of hydrogen-bond acceptors (Lipinski definition) is 5. The van der Waals surface area contributed by atoms with Crippen molar-refractivity contribution in [3.63, 3.8) is 0 Å². The van der Waals surface area contributed by atoms with Crippen molar-refractivity contribution in [2.45, 2.75) is 26.2 Å². The molecule has 0 atom stereocenters. The van der Waals surface area contributed by atoms with E-state index in [0.717, 1.165) is 43.1 Å². The Kier molecular flexibility index (Phi) is 5.47. The number of carbonyl (C=O) groups excluding carboxylic acids is 2. The number of anilines is 1. The van der Waals surface area contributed by atoms with Crippen molar-refractivity contribution >= 4 is 39.0 Å². The molecule has 1 aliphatic rings. The van der Waals surface area contributed by atoms with Gasteiger partial charge in [-0.15, -0.1) is 0 Å². The summed E-state index contributed by atoms with van der Waals surface area (Å²) in [5.41, 5.74) is 1.15. The van der Waals surface area contributed by atoms with E-state index in [9.17, 15) is 14.7 Å². The smallest absolute Gasteiger partial charge is 0.308 e. The molecule has 5 heteroatoms. The van der Waals surface area contributed by atoms with Gasteiger partial charge >= 0.3 is 5.97 Å². The largest absolute Gasteiger partial charge is 0.506 e. The van der Waals surface area contributed by atoms with Gasteiger partial charge in [-0.1, -0.05) is 60.7 Å². The summed E-state index contributed by atoms with van der Waals surface area (Å²) in [6.45, 7) is 2.81. The third-order valence-electron chi connectivity index (χ3n) is 6.28. The summed E-state index contributed by atoms with van der Waals surface area (Å²) >= 11 is 0. The monoisotopic (exact) mass is 439 g/mol. The van der Waals surface area contributed by atoms with Crippen LogP contribution in [0.2, 0.25) is 0 Å². The standard InChI is InChI=1S/C28H25NO4/c1-18(30)33-28-23-21-13-7-6-10-19(21)14-15-22(23)27(32)24(25(28)29-16-8-3-9-17-29)26(31)20-11-4-2-5-12-20/h2,4-7,10-15,32H,3,8-9,16-17H2,1H3. The maximum Gasteiger partial charge on any atom is 0.308 e. The summed E-state index contributed by atoms with van der Waals surface area (Å²) in [5.74, 6) is -0.502. The molecule has 33 heavy (non-hydrogen) atoms. The highest BCUT2D eigenvalue weighted by molar-refractivity contribution is 6.23. The predicted octanol–water partition coefficient (Wildman–Crippen LogP) is 5.85. The Morgan fingerprint density at radius 3 is 2.27 bits per heavy atom. The molecule has 5 rings (SSSR count). The third-order valence-corrected chi connectivity index (χ3v) is 6.28. The van der Waals surface area contributed by atoms with Crippen LogP contribution in [-0.4, -0.2) is 29.9 Å². The quantitative estimate of drug-likeness (QED) is 0.187. The van der Waals surface area contributed by atoms with E-state index in [0.29, 0.717) is 27.8 Å². The number of aromatic hydroxyl groups is 1. The second kappa shape index (κ2) is 8.58. The zero-order valence-corrected chi connectivity index (χ0v) is 18.5. The average molecular weight is 440 g/mol. The maximum absolute atomic E-state index is 13.7. The number of ketones is 1. The summed E-state index contributed by atoms with van der Waals surface area (Å²) < 4.78 is 5.86. The summed E-state index contributed by atoms with van der Waals surface area (Å²) in [5, 5.41) is 14.5. The molecule has 0 spiro atoms. The number of fused-ring (bicyclic) bond motifs is 3. The van der Waals surface area contributed by atoms with Crippen molar-refractivity contribution in [2.75, 3.05) is 18.0 Å². The van der Waals surface area contributed by atoms with Gasteiger partial charge in [0.25, 0.3) is 0 Å². The molecular weight excluding hydrogens is 414 g/mol. The van der Waals surface area contributed by atoms with Crippen LogP contribution in [0, 0.1) is 0 Å². The fourth-order valence-corrected chi connectivity index (χ4v) is 4.80. The maximum atomic E-state index is 13.7. The molecule has 0 radical (unpaired) electrons. The van der Waals surface area contributed by atoms with Gasteiger partial charge in [-0.05, 0) is 36.1 Å². The molecule has 1 saturated heterocycles. The molecule has 4 aromatic rings. The Morgan fingerprint density at radius 2 is 1.55 bits per heavy atom. The fraction of sp³-hybridized carbons (Fsp3) is 0.214. The van der Waals surface area contributed by atoms with Crippen LogP contribution in [0.3, 0.4) is 0 Å². The summed E-state index contributed by atoms with van der Waals surface area (Å²) in [6, 6.07) is 20.4. The number of piperidine rings is 1. The van der Waals surface area contributed by atoms with E-state index in [1.165, 1.54) is 6.92 Å². The van der Waals surface area contributed by atoms with E-state index in [-0.39, 0.29) is 17.1 Å². The van der Waals surface area contributed by atoms with Crippen molar-refractivity contribution in [2.24, 2.45) is 0 Å². The van der Waals surface area contributed by atoms with E-state index < -0.39 is 5.97 Å². The first-order valence-corrected chi connectivity index (χ1v) is 11.3. The first kappa shape index (κ1) is 21.0. The van der Waals surface area contributed by atoms with E-state index >= 15 is 0 Å². The van der Waals surface area contributed by atoms with Crippen LogP contribution in [0.4, 0.5) is 5.69 Å².